The molecule has 0 radical (unpaired) electrons. The molecule has 0 aliphatic carbocycles. The molecule has 1 aromatic heterocycles. The second-order valence-electron chi connectivity index (χ2n) is 5.15. The van der Waals surface area contributed by atoms with Crippen LogP contribution in [0.4, 0.5) is 0 Å². The van der Waals surface area contributed by atoms with Gasteiger partial charge in [0.15, 0.2) is 0 Å². The molecule has 2 nitrogen and oxygen atoms in total. The molecule has 0 fully saturated rings. The minimum atomic E-state index is 0.00389. The van der Waals surface area contributed by atoms with Crippen molar-refractivity contribution in [3.63, 3.8) is 0 Å². The summed E-state index contributed by atoms with van der Waals surface area (Å²) in [7, 11) is 0. The molecule has 0 bridgehead atoms. The molecule has 106 valence electrons. The molecule has 0 aliphatic rings. The van der Waals surface area contributed by atoms with Crippen molar-refractivity contribution in [2.45, 2.75) is 17.9 Å². The number of nitrogens with two attached hydrogens (primary N) is 1. The van der Waals surface area contributed by atoms with Crippen molar-refractivity contribution < 1.29 is 0 Å². The van der Waals surface area contributed by atoms with Crippen LogP contribution in [0.3, 0.4) is 0 Å². The molecular weight excluding hydrogens is 276 g/mol. The Morgan fingerprint density at radius 3 is 2.67 bits per heavy atom. The van der Waals surface area contributed by atoms with E-state index >= 15 is 0 Å². The third-order valence-corrected chi connectivity index (χ3v) is 4.66. The number of aromatic nitrogens is 1. The Balaban J connectivity index is 1.78. The van der Waals surface area contributed by atoms with Crippen LogP contribution in [0.1, 0.15) is 17.2 Å². The normalized spacial score (nSPS) is 12.5. The number of nitrogens with zero attached hydrogens (tertiary/aromatic N) is 1. The highest BCUT2D eigenvalue weighted by molar-refractivity contribution is 7.99. The van der Waals surface area contributed by atoms with Crippen molar-refractivity contribution in [2.24, 2.45) is 5.73 Å². The first kappa shape index (κ1) is 14.1. The van der Waals surface area contributed by atoms with Crippen molar-refractivity contribution in [3.05, 3.63) is 71.9 Å². The summed E-state index contributed by atoms with van der Waals surface area (Å²) in [6.07, 6.45) is 1.82. The molecule has 3 rings (SSSR count). The average Bonchev–Trinajstić information content (AvgIpc) is 2.53. The van der Waals surface area contributed by atoms with E-state index in [9.17, 15) is 0 Å². The summed E-state index contributed by atoms with van der Waals surface area (Å²) in [6, 6.07) is 18.8. The number of fused-ring (bicyclic) bond motifs is 1. The van der Waals surface area contributed by atoms with Gasteiger partial charge in [-0.15, -0.1) is 11.8 Å². The summed E-state index contributed by atoms with van der Waals surface area (Å²) in [5, 5.41) is 1.15. The highest BCUT2D eigenvalue weighted by Gasteiger charge is 2.10. The Morgan fingerprint density at radius 1 is 1.05 bits per heavy atom. The Morgan fingerprint density at radius 2 is 1.86 bits per heavy atom. The van der Waals surface area contributed by atoms with Gasteiger partial charge in [0.05, 0.1) is 5.52 Å². The van der Waals surface area contributed by atoms with E-state index in [-0.39, 0.29) is 6.04 Å². The zero-order valence-corrected chi connectivity index (χ0v) is 12.8. The largest absolute Gasteiger partial charge is 0.323 e. The van der Waals surface area contributed by atoms with E-state index in [1.807, 2.05) is 24.4 Å². The molecule has 0 aliphatic heterocycles. The molecule has 0 saturated heterocycles. The molecule has 0 spiro atoms. The Labute approximate surface area is 129 Å². The van der Waals surface area contributed by atoms with E-state index in [4.69, 9.17) is 5.73 Å². The quantitative estimate of drug-likeness (QED) is 0.728. The number of pyridine rings is 1. The van der Waals surface area contributed by atoms with Crippen molar-refractivity contribution in [3.8, 4) is 0 Å². The maximum Gasteiger partial charge on any atom is 0.0705 e. The number of benzene rings is 2. The van der Waals surface area contributed by atoms with Gasteiger partial charge in [-0.05, 0) is 36.8 Å². The monoisotopic (exact) mass is 294 g/mol. The summed E-state index contributed by atoms with van der Waals surface area (Å²) < 4.78 is 0. The highest BCUT2D eigenvalue weighted by atomic mass is 32.2. The Hall–Kier alpha value is -1.84. The van der Waals surface area contributed by atoms with E-state index in [0.717, 1.165) is 16.7 Å². The maximum atomic E-state index is 6.39. The zero-order valence-electron chi connectivity index (χ0n) is 12.0. The van der Waals surface area contributed by atoms with E-state index in [1.165, 1.54) is 16.0 Å². The van der Waals surface area contributed by atoms with Gasteiger partial charge in [0, 0.05) is 28.3 Å². The lowest BCUT2D eigenvalue weighted by atomic mass is 10.0. The number of aryl methyl sites for hydroxylation is 1. The minimum absolute atomic E-state index is 0.00389. The summed E-state index contributed by atoms with van der Waals surface area (Å²) in [4.78, 5) is 5.65. The Kier molecular flexibility index (Phi) is 4.23. The second kappa shape index (κ2) is 6.29. The van der Waals surface area contributed by atoms with Crippen molar-refractivity contribution >= 4 is 22.7 Å². The van der Waals surface area contributed by atoms with Gasteiger partial charge in [-0.1, -0.05) is 35.9 Å². The first-order valence-corrected chi connectivity index (χ1v) is 8.01. The number of rotatable bonds is 4. The third kappa shape index (κ3) is 3.26. The SMILES string of the molecule is Cc1ccc(SCC(N)c2cccc3ncccc23)cc1. The van der Waals surface area contributed by atoms with Crippen LogP contribution in [0.25, 0.3) is 10.9 Å². The van der Waals surface area contributed by atoms with Crippen LogP contribution in [0, 0.1) is 6.92 Å². The average molecular weight is 294 g/mol. The molecule has 1 atom stereocenters. The summed E-state index contributed by atoms with van der Waals surface area (Å²) in [6.45, 7) is 2.10. The van der Waals surface area contributed by atoms with Gasteiger partial charge in [0.2, 0.25) is 0 Å². The first-order valence-electron chi connectivity index (χ1n) is 7.03. The predicted octanol–water partition coefficient (Wildman–Crippen LogP) is 4.34. The van der Waals surface area contributed by atoms with Gasteiger partial charge in [0.25, 0.3) is 0 Å². The molecule has 2 aromatic carbocycles. The van der Waals surface area contributed by atoms with Crippen molar-refractivity contribution in [1.82, 2.24) is 4.98 Å². The minimum Gasteiger partial charge on any atom is -0.323 e. The van der Waals surface area contributed by atoms with Gasteiger partial charge in [-0.25, -0.2) is 0 Å². The van der Waals surface area contributed by atoms with E-state index < -0.39 is 0 Å². The topological polar surface area (TPSA) is 38.9 Å². The third-order valence-electron chi connectivity index (χ3n) is 3.53. The van der Waals surface area contributed by atoms with Gasteiger partial charge in [0.1, 0.15) is 0 Å². The van der Waals surface area contributed by atoms with Gasteiger partial charge in [-0.3, -0.25) is 4.98 Å². The smallest absolute Gasteiger partial charge is 0.0705 e. The van der Waals surface area contributed by atoms with Crippen molar-refractivity contribution in [2.75, 3.05) is 5.75 Å². The van der Waals surface area contributed by atoms with Crippen LogP contribution < -0.4 is 5.73 Å². The number of hydrogen-bond donors (Lipinski definition) is 1. The van der Waals surface area contributed by atoms with Crippen LogP contribution in [-0.2, 0) is 0 Å². The fourth-order valence-corrected chi connectivity index (χ4v) is 3.24. The molecule has 3 aromatic rings. The van der Waals surface area contributed by atoms with E-state index in [2.05, 4.69) is 48.3 Å². The van der Waals surface area contributed by atoms with Gasteiger partial charge < -0.3 is 5.73 Å². The fourth-order valence-electron chi connectivity index (χ4n) is 2.36. The van der Waals surface area contributed by atoms with Crippen LogP contribution >= 0.6 is 11.8 Å². The maximum absolute atomic E-state index is 6.39. The molecule has 1 unspecified atom stereocenters. The predicted molar refractivity (Wildman–Crippen MR) is 90.6 cm³/mol. The summed E-state index contributed by atoms with van der Waals surface area (Å²) >= 11 is 1.80. The molecule has 2 N–H and O–H groups in total. The number of hydrogen-bond acceptors (Lipinski definition) is 3. The number of thioether (sulfide) groups is 1. The van der Waals surface area contributed by atoms with Crippen LogP contribution in [0.5, 0.6) is 0 Å². The van der Waals surface area contributed by atoms with Crippen LogP contribution in [-0.4, -0.2) is 10.7 Å². The lowest BCUT2D eigenvalue weighted by Crippen LogP contribution is -2.13. The standard InChI is InChI=1S/C18H18N2S/c1-13-7-9-14(10-8-13)21-12-17(19)15-4-2-6-18-16(15)5-3-11-20-18/h2-11,17H,12,19H2,1H3. The van der Waals surface area contributed by atoms with Crippen LogP contribution in [0.15, 0.2) is 65.7 Å². The lowest BCUT2D eigenvalue weighted by Gasteiger charge is -2.14. The summed E-state index contributed by atoms with van der Waals surface area (Å²) in [5.74, 6) is 0.858. The van der Waals surface area contributed by atoms with E-state index in [0.29, 0.717) is 0 Å². The highest BCUT2D eigenvalue weighted by Crippen LogP contribution is 2.27. The Bertz CT molecular complexity index is 732. The summed E-state index contributed by atoms with van der Waals surface area (Å²) in [5.41, 5.74) is 9.84. The zero-order chi connectivity index (χ0) is 14.7. The van der Waals surface area contributed by atoms with Gasteiger partial charge in [-0.2, -0.15) is 0 Å². The molecule has 1 heterocycles. The molecule has 0 amide bonds. The fraction of sp³-hybridized carbons (Fsp3) is 0.167. The second-order valence-corrected chi connectivity index (χ2v) is 6.24. The molecule has 0 saturated carbocycles. The molecular formula is C18H18N2S. The van der Waals surface area contributed by atoms with Crippen molar-refractivity contribution in [1.29, 1.82) is 0 Å². The molecule has 21 heavy (non-hydrogen) atoms. The van der Waals surface area contributed by atoms with E-state index in [1.54, 1.807) is 11.8 Å². The molecule has 3 heteroatoms. The lowest BCUT2D eigenvalue weighted by molar-refractivity contribution is 0.839. The van der Waals surface area contributed by atoms with Crippen LogP contribution in [0.2, 0.25) is 0 Å². The van der Waals surface area contributed by atoms with Gasteiger partial charge >= 0.3 is 0 Å². The first-order chi connectivity index (χ1) is 10.2.